The molecule has 78 valence electrons. The summed E-state index contributed by atoms with van der Waals surface area (Å²) in [7, 11) is 1.66. The quantitative estimate of drug-likeness (QED) is 0.761. The molecule has 0 saturated carbocycles. The van der Waals surface area contributed by atoms with E-state index in [-0.39, 0.29) is 5.91 Å². The molecule has 1 aromatic rings. The summed E-state index contributed by atoms with van der Waals surface area (Å²) >= 11 is 0. The lowest BCUT2D eigenvalue weighted by molar-refractivity contribution is -0.120. The second kappa shape index (κ2) is 5.42. The highest BCUT2D eigenvalue weighted by Gasteiger charge is 2.03. The van der Waals surface area contributed by atoms with E-state index in [1.54, 1.807) is 13.2 Å². The van der Waals surface area contributed by atoms with E-state index in [1.807, 2.05) is 10.8 Å². The van der Waals surface area contributed by atoms with Gasteiger partial charge >= 0.3 is 0 Å². The van der Waals surface area contributed by atoms with Crippen molar-refractivity contribution in [3.8, 4) is 0 Å². The average Bonchev–Trinajstić information content (AvgIpc) is 2.62. The third kappa shape index (κ3) is 2.87. The summed E-state index contributed by atoms with van der Waals surface area (Å²) in [5, 5.41) is 2.61. The summed E-state index contributed by atoms with van der Waals surface area (Å²) in [6.45, 7) is 2.84. The zero-order chi connectivity index (χ0) is 10.4. The Morgan fingerprint density at radius 3 is 3.07 bits per heavy atom. The maximum Gasteiger partial charge on any atom is 0.221 e. The van der Waals surface area contributed by atoms with Gasteiger partial charge in [-0.15, -0.1) is 0 Å². The van der Waals surface area contributed by atoms with Crippen molar-refractivity contribution in [2.45, 2.75) is 32.7 Å². The lowest BCUT2D eigenvalue weighted by Crippen LogP contribution is -2.19. The molecule has 4 nitrogen and oxygen atoms in total. The van der Waals surface area contributed by atoms with Crippen LogP contribution in [0.2, 0.25) is 0 Å². The van der Waals surface area contributed by atoms with Crippen LogP contribution in [0.15, 0.2) is 12.4 Å². The number of nitrogens with zero attached hydrogens (tertiary/aromatic N) is 2. The number of carbonyl (C=O) groups is 1. The minimum Gasteiger partial charge on any atom is -0.359 e. The first-order valence-electron chi connectivity index (χ1n) is 4.98. The lowest BCUT2D eigenvalue weighted by atomic mass is 10.3. The molecule has 0 fully saturated rings. The van der Waals surface area contributed by atoms with Crippen molar-refractivity contribution in [3.05, 3.63) is 18.2 Å². The highest BCUT2D eigenvalue weighted by molar-refractivity contribution is 5.75. The number of imidazole rings is 1. The molecule has 1 N–H and O–H groups in total. The molecule has 0 aromatic carbocycles. The molecule has 0 atom stereocenters. The van der Waals surface area contributed by atoms with Crippen LogP contribution in [0, 0.1) is 0 Å². The molecule has 0 unspecified atom stereocenters. The topological polar surface area (TPSA) is 46.9 Å². The van der Waals surface area contributed by atoms with Crippen LogP contribution in [-0.4, -0.2) is 22.5 Å². The second-order valence-electron chi connectivity index (χ2n) is 3.21. The van der Waals surface area contributed by atoms with Crippen LogP contribution in [0.4, 0.5) is 0 Å². The van der Waals surface area contributed by atoms with Gasteiger partial charge in [0, 0.05) is 38.8 Å². The fraction of sp³-hybridized carbons (Fsp3) is 0.600. The van der Waals surface area contributed by atoms with Crippen molar-refractivity contribution in [1.82, 2.24) is 14.9 Å². The summed E-state index contributed by atoms with van der Waals surface area (Å²) in [5.41, 5.74) is 0. The summed E-state index contributed by atoms with van der Waals surface area (Å²) < 4.78 is 2.04. The Morgan fingerprint density at radius 2 is 2.43 bits per heavy atom. The van der Waals surface area contributed by atoms with Crippen molar-refractivity contribution in [3.63, 3.8) is 0 Å². The molecule has 14 heavy (non-hydrogen) atoms. The number of nitrogens with one attached hydrogen (secondary N) is 1. The molecule has 1 amide bonds. The van der Waals surface area contributed by atoms with E-state index in [4.69, 9.17) is 0 Å². The van der Waals surface area contributed by atoms with Gasteiger partial charge in [-0.25, -0.2) is 4.98 Å². The molecule has 0 saturated heterocycles. The van der Waals surface area contributed by atoms with Gasteiger partial charge in [0.15, 0.2) is 0 Å². The normalized spacial score (nSPS) is 10.1. The zero-order valence-corrected chi connectivity index (χ0v) is 8.79. The van der Waals surface area contributed by atoms with E-state index in [2.05, 4.69) is 17.2 Å². The van der Waals surface area contributed by atoms with Crippen LogP contribution in [0.1, 0.15) is 25.6 Å². The third-order valence-electron chi connectivity index (χ3n) is 2.13. The van der Waals surface area contributed by atoms with E-state index in [1.165, 1.54) is 0 Å². The van der Waals surface area contributed by atoms with E-state index in [0.717, 1.165) is 25.2 Å². The van der Waals surface area contributed by atoms with E-state index in [9.17, 15) is 4.79 Å². The first-order chi connectivity index (χ1) is 6.77. The van der Waals surface area contributed by atoms with Gasteiger partial charge in [0.1, 0.15) is 5.82 Å². The van der Waals surface area contributed by atoms with Gasteiger partial charge in [0.2, 0.25) is 5.91 Å². The molecule has 0 bridgehead atoms. The van der Waals surface area contributed by atoms with Gasteiger partial charge in [-0.05, 0) is 6.42 Å². The highest BCUT2D eigenvalue weighted by atomic mass is 16.1. The second-order valence-corrected chi connectivity index (χ2v) is 3.21. The predicted octanol–water partition coefficient (Wildman–Crippen LogP) is 0.972. The predicted molar refractivity (Wildman–Crippen MR) is 54.9 cm³/mol. The lowest BCUT2D eigenvalue weighted by Gasteiger charge is -2.05. The molecule has 1 heterocycles. The Balaban J connectivity index is 2.49. The number of carbonyl (C=O) groups excluding carboxylic acids is 1. The van der Waals surface area contributed by atoms with Crippen LogP contribution in [0.25, 0.3) is 0 Å². The van der Waals surface area contributed by atoms with Crippen LogP contribution < -0.4 is 5.32 Å². The summed E-state index contributed by atoms with van der Waals surface area (Å²) in [4.78, 5) is 15.3. The molecule has 0 aliphatic rings. The van der Waals surface area contributed by atoms with Gasteiger partial charge in [-0.2, -0.15) is 0 Å². The molecule has 0 aliphatic carbocycles. The van der Waals surface area contributed by atoms with Crippen molar-refractivity contribution >= 4 is 5.91 Å². The monoisotopic (exact) mass is 195 g/mol. The maximum atomic E-state index is 11.0. The summed E-state index contributed by atoms with van der Waals surface area (Å²) in [6, 6.07) is 0. The highest BCUT2D eigenvalue weighted by Crippen LogP contribution is 2.02. The molecular weight excluding hydrogens is 178 g/mol. The number of hydrogen-bond donors (Lipinski definition) is 1. The third-order valence-corrected chi connectivity index (χ3v) is 2.13. The van der Waals surface area contributed by atoms with Gasteiger partial charge in [0.25, 0.3) is 0 Å². The minimum absolute atomic E-state index is 0.0705. The molecular formula is C10H17N3O. The molecule has 0 spiro atoms. The van der Waals surface area contributed by atoms with Crippen LogP contribution in [-0.2, 0) is 17.8 Å². The van der Waals surface area contributed by atoms with Crippen molar-refractivity contribution in [1.29, 1.82) is 0 Å². The Morgan fingerprint density at radius 1 is 1.64 bits per heavy atom. The van der Waals surface area contributed by atoms with Gasteiger partial charge in [-0.1, -0.05) is 6.92 Å². The number of amides is 1. The SMILES string of the molecule is CCCc1nccn1CCC(=O)NC. The van der Waals surface area contributed by atoms with Crippen molar-refractivity contribution in [2.75, 3.05) is 7.05 Å². The zero-order valence-electron chi connectivity index (χ0n) is 8.79. The Kier molecular flexibility index (Phi) is 4.16. The summed E-state index contributed by atoms with van der Waals surface area (Å²) in [6.07, 6.45) is 6.28. The van der Waals surface area contributed by atoms with E-state index in [0.29, 0.717) is 6.42 Å². The first kappa shape index (κ1) is 10.8. The number of aromatic nitrogens is 2. The Labute approximate surface area is 84.3 Å². The average molecular weight is 195 g/mol. The van der Waals surface area contributed by atoms with Crippen molar-refractivity contribution in [2.24, 2.45) is 0 Å². The van der Waals surface area contributed by atoms with Crippen LogP contribution in [0.5, 0.6) is 0 Å². The molecule has 0 radical (unpaired) electrons. The molecule has 1 rings (SSSR count). The molecule has 1 aromatic heterocycles. The number of rotatable bonds is 5. The van der Waals surface area contributed by atoms with Gasteiger partial charge in [0.05, 0.1) is 0 Å². The number of aryl methyl sites for hydroxylation is 2. The van der Waals surface area contributed by atoms with Crippen LogP contribution in [0.3, 0.4) is 0 Å². The minimum atomic E-state index is 0.0705. The Bertz CT molecular complexity index is 293. The first-order valence-corrected chi connectivity index (χ1v) is 4.98. The molecule has 4 heteroatoms. The smallest absolute Gasteiger partial charge is 0.221 e. The maximum absolute atomic E-state index is 11.0. The number of hydrogen-bond acceptors (Lipinski definition) is 2. The van der Waals surface area contributed by atoms with Gasteiger partial charge in [-0.3, -0.25) is 4.79 Å². The summed E-state index contributed by atoms with van der Waals surface area (Å²) in [5.74, 6) is 1.14. The fourth-order valence-electron chi connectivity index (χ4n) is 1.34. The van der Waals surface area contributed by atoms with Gasteiger partial charge < -0.3 is 9.88 Å². The standard InChI is InChI=1S/C10H17N3O/c1-3-4-9-12-6-8-13(9)7-5-10(14)11-2/h6,8H,3-5,7H2,1-2H3,(H,11,14). The van der Waals surface area contributed by atoms with E-state index < -0.39 is 0 Å². The Hall–Kier alpha value is -1.32. The van der Waals surface area contributed by atoms with Crippen molar-refractivity contribution < 1.29 is 4.79 Å². The van der Waals surface area contributed by atoms with Crippen LogP contribution >= 0.6 is 0 Å². The fourth-order valence-corrected chi connectivity index (χ4v) is 1.34. The molecule has 0 aliphatic heterocycles. The van der Waals surface area contributed by atoms with E-state index >= 15 is 0 Å². The largest absolute Gasteiger partial charge is 0.359 e.